The monoisotopic (exact) mass is 232 g/mol. The quantitative estimate of drug-likeness (QED) is 0.817. The number of benzene rings is 1. The largest absolute Gasteiger partial charge is 0.489 e. The molecule has 0 unspecified atom stereocenters. The normalized spacial score (nSPS) is 19.6. The number of anilines is 1. The number of nitrogens with one attached hydrogen (secondary N) is 2. The highest BCUT2D eigenvalue weighted by molar-refractivity contribution is 5.99. The van der Waals surface area contributed by atoms with Crippen molar-refractivity contribution in [1.82, 2.24) is 5.32 Å². The van der Waals surface area contributed by atoms with Crippen LogP contribution >= 0.6 is 0 Å². The zero-order valence-electron chi connectivity index (χ0n) is 9.88. The molecule has 0 spiro atoms. The topological polar surface area (TPSA) is 50.4 Å². The van der Waals surface area contributed by atoms with Gasteiger partial charge in [-0.25, -0.2) is 0 Å². The second-order valence-electron chi connectivity index (χ2n) is 4.97. The van der Waals surface area contributed by atoms with Crippen LogP contribution in [0.3, 0.4) is 0 Å². The van der Waals surface area contributed by atoms with Crippen LogP contribution in [0.4, 0.5) is 5.69 Å². The van der Waals surface area contributed by atoms with E-state index >= 15 is 0 Å². The summed E-state index contributed by atoms with van der Waals surface area (Å²) in [5.74, 6) is 0.644. The lowest BCUT2D eigenvalue weighted by Crippen LogP contribution is -2.35. The molecule has 0 bridgehead atoms. The Kier molecular flexibility index (Phi) is 2.24. The molecule has 1 aliphatic carbocycles. The first kappa shape index (κ1) is 10.4. The molecule has 1 aliphatic heterocycles. The molecule has 1 aromatic rings. The van der Waals surface area contributed by atoms with Gasteiger partial charge >= 0.3 is 0 Å². The van der Waals surface area contributed by atoms with Crippen LogP contribution < -0.4 is 15.4 Å². The predicted molar refractivity (Wildman–Crippen MR) is 65.5 cm³/mol. The lowest BCUT2D eigenvalue weighted by Gasteiger charge is -2.22. The van der Waals surface area contributed by atoms with Gasteiger partial charge in [0.15, 0.2) is 5.75 Å². The highest BCUT2D eigenvalue weighted by Gasteiger charge is 2.39. The molecule has 1 saturated carbocycles. The van der Waals surface area contributed by atoms with Gasteiger partial charge in [-0.3, -0.25) is 4.79 Å². The second-order valence-corrected chi connectivity index (χ2v) is 4.97. The summed E-state index contributed by atoms with van der Waals surface area (Å²) in [6, 6.07) is 5.63. The third-order valence-electron chi connectivity index (χ3n) is 3.34. The summed E-state index contributed by atoms with van der Waals surface area (Å²) in [6.45, 7) is 3.46. The smallest absolute Gasteiger partial charge is 0.255 e. The fourth-order valence-corrected chi connectivity index (χ4v) is 2.00. The standard InChI is InChI=1S/C13H16N2O2/c1-13(5-6-13)15-12(16)9-3-2-4-10-11(9)17-8-7-14-10/h2-4,14H,5-8H2,1H3,(H,15,16). The highest BCUT2D eigenvalue weighted by Crippen LogP contribution is 2.36. The van der Waals surface area contributed by atoms with Crippen molar-refractivity contribution in [3.05, 3.63) is 23.8 Å². The van der Waals surface area contributed by atoms with E-state index in [2.05, 4.69) is 17.6 Å². The summed E-state index contributed by atoms with van der Waals surface area (Å²) in [6.07, 6.45) is 2.12. The number of fused-ring (bicyclic) bond motifs is 1. The van der Waals surface area contributed by atoms with Gasteiger partial charge < -0.3 is 15.4 Å². The van der Waals surface area contributed by atoms with Crippen molar-refractivity contribution < 1.29 is 9.53 Å². The minimum Gasteiger partial charge on any atom is -0.489 e. The van der Waals surface area contributed by atoms with Gasteiger partial charge in [0.1, 0.15) is 6.61 Å². The van der Waals surface area contributed by atoms with E-state index in [0.717, 1.165) is 25.1 Å². The molecule has 4 heteroatoms. The second kappa shape index (κ2) is 3.65. The molecule has 17 heavy (non-hydrogen) atoms. The van der Waals surface area contributed by atoms with Crippen molar-refractivity contribution in [2.24, 2.45) is 0 Å². The van der Waals surface area contributed by atoms with Crippen molar-refractivity contribution in [3.8, 4) is 5.75 Å². The highest BCUT2D eigenvalue weighted by atomic mass is 16.5. The van der Waals surface area contributed by atoms with Gasteiger partial charge in [0, 0.05) is 12.1 Å². The minimum absolute atomic E-state index is 0.00189. The average molecular weight is 232 g/mol. The molecule has 1 fully saturated rings. The van der Waals surface area contributed by atoms with Crippen molar-refractivity contribution in [2.75, 3.05) is 18.5 Å². The van der Waals surface area contributed by atoms with Gasteiger partial charge in [0.05, 0.1) is 11.3 Å². The van der Waals surface area contributed by atoms with Crippen LogP contribution in [0.5, 0.6) is 5.75 Å². The summed E-state index contributed by atoms with van der Waals surface area (Å²) in [5, 5.41) is 6.28. The van der Waals surface area contributed by atoms with Crippen molar-refractivity contribution in [1.29, 1.82) is 0 Å². The Morgan fingerprint density at radius 3 is 3.06 bits per heavy atom. The first-order valence-corrected chi connectivity index (χ1v) is 6.00. The first-order valence-electron chi connectivity index (χ1n) is 6.00. The fourth-order valence-electron chi connectivity index (χ4n) is 2.00. The van der Waals surface area contributed by atoms with Crippen LogP contribution in [0.25, 0.3) is 0 Å². The molecule has 2 N–H and O–H groups in total. The molecule has 1 aromatic carbocycles. The van der Waals surface area contributed by atoms with Gasteiger partial charge in [-0.05, 0) is 31.9 Å². The Morgan fingerprint density at radius 1 is 1.47 bits per heavy atom. The predicted octanol–water partition coefficient (Wildman–Crippen LogP) is 1.77. The minimum atomic E-state index is -0.0365. The van der Waals surface area contributed by atoms with E-state index in [1.165, 1.54) is 0 Å². The third-order valence-corrected chi connectivity index (χ3v) is 3.34. The maximum absolute atomic E-state index is 12.2. The number of para-hydroxylation sites is 1. The van der Waals surface area contributed by atoms with Crippen LogP contribution in [0.15, 0.2) is 18.2 Å². The Bertz CT molecular complexity index is 466. The molecule has 0 atom stereocenters. The van der Waals surface area contributed by atoms with Crippen LogP contribution in [-0.4, -0.2) is 24.6 Å². The van der Waals surface area contributed by atoms with Crippen molar-refractivity contribution >= 4 is 11.6 Å². The summed E-state index contributed by atoms with van der Waals surface area (Å²) in [4.78, 5) is 12.2. The lowest BCUT2D eigenvalue weighted by atomic mass is 10.1. The molecular weight excluding hydrogens is 216 g/mol. The maximum Gasteiger partial charge on any atom is 0.255 e. The molecular formula is C13H16N2O2. The molecule has 0 radical (unpaired) electrons. The lowest BCUT2D eigenvalue weighted by molar-refractivity contribution is 0.0931. The van der Waals surface area contributed by atoms with E-state index in [-0.39, 0.29) is 11.4 Å². The number of carbonyl (C=O) groups excluding carboxylic acids is 1. The summed E-state index contributed by atoms with van der Waals surface area (Å²) < 4.78 is 5.59. The van der Waals surface area contributed by atoms with Crippen LogP contribution in [0, 0.1) is 0 Å². The molecule has 1 amide bonds. The van der Waals surface area contributed by atoms with Gasteiger partial charge in [-0.2, -0.15) is 0 Å². The average Bonchev–Trinajstić information content (AvgIpc) is 3.06. The molecule has 3 rings (SSSR count). The molecule has 0 saturated heterocycles. The van der Waals surface area contributed by atoms with Crippen molar-refractivity contribution in [3.63, 3.8) is 0 Å². The Morgan fingerprint density at radius 2 is 2.29 bits per heavy atom. The molecule has 0 aromatic heterocycles. The SMILES string of the molecule is CC1(NC(=O)c2cccc3c2OCCN3)CC1. The van der Waals surface area contributed by atoms with E-state index in [9.17, 15) is 4.79 Å². The van der Waals surface area contributed by atoms with Gasteiger partial charge in [0.25, 0.3) is 5.91 Å². The molecule has 4 nitrogen and oxygen atoms in total. The van der Waals surface area contributed by atoms with Crippen LogP contribution in [-0.2, 0) is 0 Å². The van der Waals surface area contributed by atoms with E-state index < -0.39 is 0 Å². The number of rotatable bonds is 2. The Labute approximate surface area is 100 Å². The van der Waals surface area contributed by atoms with Gasteiger partial charge in [0.2, 0.25) is 0 Å². The van der Waals surface area contributed by atoms with E-state index in [0.29, 0.717) is 17.9 Å². The summed E-state index contributed by atoms with van der Waals surface area (Å²) >= 11 is 0. The van der Waals surface area contributed by atoms with Crippen LogP contribution in [0.2, 0.25) is 0 Å². The number of carbonyl (C=O) groups is 1. The first-order chi connectivity index (χ1) is 8.18. The Balaban J connectivity index is 1.89. The maximum atomic E-state index is 12.2. The Hall–Kier alpha value is -1.71. The summed E-state index contributed by atoms with van der Waals surface area (Å²) in [5.41, 5.74) is 1.54. The van der Waals surface area contributed by atoms with E-state index in [1.807, 2.05) is 18.2 Å². The third kappa shape index (κ3) is 1.95. The summed E-state index contributed by atoms with van der Waals surface area (Å²) in [7, 11) is 0. The van der Waals surface area contributed by atoms with Gasteiger partial charge in [-0.1, -0.05) is 6.07 Å². The number of ether oxygens (including phenoxy) is 1. The molecule has 2 aliphatic rings. The van der Waals surface area contributed by atoms with Crippen molar-refractivity contribution in [2.45, 2.75) is 25.3 Å². The number of hydrogen-bond acceptors (Lipinski definition) is 3. The van der Waals surface area contributed by atoms with E-state index in [1.54, 1.807) is 0 Å². The number of hydrogen-bond donors (Lipinski definition) is 2. The molecule has 1 heterocycles. The van der Waals surface area contributed by atoms with Crippen LogP contribution in [0.1, 0.15) is 30.1 Å². The zero-order chi connectivity index (χ0) is 11.9. The zero-order valence-corrected chi connectivity index (χ0v) is 9.88. The fraction of sp³-hybridized carbons (Fsp3) is 0.462. The van der Waals surface area contributed by atoms with E-state index in [4.69, 9.17) is 4.74 Å². The van der Waals surface area contributed by atoms with Gasteiger partial charge in [-0.15, -0.1) is 0 Å². The number of amides is 1. The molecule has 90 valence electrons.